The first-order valence-corrected chi connectivity index (χ1v) is 9.98. The number of carbonyl (C=O) groups excluding carboxylic acids is 2. The number of ether oxygens (including phenoxy) is 1. The van der Waals surface area contributed by atoms with Crippen molar-refractivity contribution in [3.05, 3.63) is 93.9 Å². The van der Waals surface area contributed by atoms with Crippen LogP contribution in [-0.2, 0) is 20.7 Å². The predicted octanol–water partition coefficient (Wildman–Crippen LogP) is 4.33. The third-order valence-corrected chi connectivity index (χ3v) is 5.00. The van der Waals surface area contributed by atoms with Gasteiger partial charge >= 0.3 is 5.97 Å². The molecule has 3 rings (SSSR count). The first kappa shape index (κ1) is 20.5. The number of thiophene rings is 1. The Hall–Kier alpha value is -3.25. The summed E-state index contributed by atoms with van der Waals surface area (Å²) in [5.74, 6) is -1.31. The topological polar surface area (TPSA) is 55.4 Å². The van der Waals surface area contributed by atoms with Crippen LogP contribution in [-0.4, -0.2) is 25.0 Å². The molecule has 1 aromatic heterocycles. The second-order valence-corrected chi connectivity index (χ2v) is 7.20. The number of halogens is 1. The molecule has 0 radical (unpaired) electrons. The zero-order chi connectivity index (χ0) is 20.5. The van der Waals surface area contributed by atoms with Gasteiger partial charge in [0, 0.05) is 11.4 Å². The number of hydrogen-bond donors (Lipinski definition) is 1. The normalized spacial score (nSPS) is 11.1. The van der Waals surface area contributed by atoms with E-state index in [0.717, 1.165) is 5.56 Å². The maximum Gasteiger partial charge on any atom is 0.340 e. The Balaban J connectivity index is 1.57. The van der Waals surface area contributed by atoms with Crippen molar-refractivity contribution < 1.29 is 18.7 Å². The Morgan fingerprint density at radius 1 is 1.00 bits per heavy atom. The summed E-state index contributed by atoms with van der Waals surface area (Å²) in [5.41, 5.74) is 2.11. The summed E-state index contributed by atoms with van der Waals surface area (Å²) >= 11 is 1.38. The van der Waals surface area contributed by atoms with E-state index in [9.17, 15) is 14.0 Å². The van der Waals surface area contributed by atoms with Crippen LogP contribution in [0.2, 0.25) is 0 Å². The molecule has 1 N–H and O–H groups in total. The summed E-state index contributed by atoms with van der Waals surface area (Å²) in [6, 6.07) is 19.2. The molecular weight excluding hydrogens is 389 g/mol. The zero-order valence-corrected chi connectivity index (χ0v) is 16.5. The molecule has 0 saturated carbocycles. The van der Waals surface area contributed by atoms with E-state index >= 15 is 0 Å². The maximum atomic E-state index is 13.1. The lowest BCUT2D eigenvalue weighted by Crippen LogP contribution is -2.30. The Bertz CT molecular complexity index is 967. The molecule has 1 heterocycles. The van der Waals surface area contributed by atoms with Gasteiger partial charge in [-0.2, -0.15) is 0 Å². The molecule has 0 aliphatic rings. The van der Waals surface area contributed by atoms with Gasteiger partial charge in [0.2, 0.25) is 0 Å². The largest absolute Gasteiger partial charge is 0.452 e. The average Bonchev–Trinajstić information content (AvgIpc) is 3.27. The molecule has 148 valence electrons. The van der Waals surface area contributed by atoms with Crippen LogP contribution < -0.4 is 5.32 Å². The van der Waals surface area contributed by atoms with E-state index in [1.165, 1.54) is 23.5 Å². The van der Waals surface area contributed by atoms with Crippen LogP contribution in [0.25, 0.3) is 11.6 Å². The van der Waals surface area contributed by atoms with Gasteiger partial charge < -0.3 is 10.1 Å². The zero-order valence-electron chi connectivity index (χ0n) is 15.6. The van der Waals surface area contributed by atoms with Crippen molar-refractivity contribution >= 4 is 34.9 Å². The molecule has 2 aromatic carbocycles. The number of carbonyl (C=O) groups is 2. The number of benzene rings is 2. The Kier molecular flexibility index (Phi) is 7.30. The second kappa shape index (κ2) is 10.3. The lowest BCUT2D eigenvalue weighted by atomic mass is 10.1. The van der Waals surface area contributed by atoms with E-state index in [1.807, 2.05) is 41.8 Å². The standard InChI is InChI=1S/C23H20FNO3S/c24-19-10-8-18(9-11-19)15-20(21-7-4-14-29-21)23(27)28-16-22(26)25-13-12-17-5-2-1-3-6-17/h1-11,14-15H,12-13,16H2,(H,25,26)/b20-15+. The number of nitrogens with one attached hydrogen (secondary N) is 1. The molecule has 0 saturated heterocycles. The van der Waals surface area contributed by atoms with Crippen molar-refractivity contribution in [3.63, 3.8) is 0 Å². The van der Waals surface area contributed by atoms with Crippen molar-refractivity contribution in [2.45, 2.75) is 6.42 Å². The van der Waals surface area contributed by atoms with Crippen molar-refractivity contribution in [1.82, 2.24) is 5.32 Å². The van der Waals surface area contributed by atoms with Crippen LogP contribution in [0, 0.1) is 5.82 Å². The molecule has 0 atom stereocenters. The SMILES string of the molecule is O=C(COC(=O)/C(=C/c1ccc(F)cc1)c1cccs1)NCCc1ccccc1. The highest BCUT2D eigenvalue weighted by Crippen LogP contribution is 2.24. The second-order valence-electron chi connectivity index (χ2n) is 6.25. The van der Waals surface area contributed by atoms with Crippen molar-refractivity contribution in [2.24, 2.45) is 0 Å². The van der Waals surface area contributed by atoms with Crippen LogP contribution in [0.4, 0.5) is 4.39 Å². The van der Waals surface area contributed by atoms with Crippen molar-refractivity contribution in [2.75, 3.05) is 13.2 Å². The third-order valence-electron chi connectivity index (χ3n) is 4.10. The highest BCUT2D eigenvalue weighted by atomic mass is 32.1. The Labute approximate surface area is 172 Å². The van der Waals surface area contributed by atoms with E-state index in [4.69, 9.17) is 4.74 Å². The van der Waals surface area contributed by atoms with Gasteiger partial charge in [0.05, 0.1) is 5.57 Å². The number of amides is 1. The average molecular weight is 409 g/mol. The smallest absolute Gasteiger partial charge is 0.340 e. The molecule has 0 bridgehead atoms. The van der Waals surface area contributed by atoms with Gasteiger partial charge in [-0.3, -0.25) is 4.79 Å². The lowest BCUT2D eigenvalue weighted by Gasteiger charge is -2.09. The van der Waals surface area contributed by atoms with E-state index in [-0.39, 0.29) is 18.3 Å². The third kappa shape index (κ3) is 6.40. The van der Waals surface area contributed by atoms with Gasteiger partial charge in [-0.15, -0.1) is 11.3 Å². The molecule has 0 unspecified atom stereocenters. The summed E-state index contributed by atoms with van der Waals surface area (Å²) in [5, 5.41) is 4.59. The molecule has 0 aliphatic heterocycles. The molecule has 0 spiro atoms. The summed E-state index contributed by atoms with van der Waals surface area (Å²) in [6.07, 6.45) is 2.33. The highest BCUT2D eigenvalue weighted by molar-refractivity contribution is 7.11. The first-order chi connectivity index (χ1) is 14.1. The molecule has 0 aliphatic carbocycles. The van der Waals surface area contributed by atoms with Crippen molar-refractivity contribution in [1.29, 1.82) is 0 Å². The predicted molar refractivity (Wildman–Crippen MR) is 113 cm³/mol. The van der Waals surface area contributed by atoms with Gasteiger partial charge in [0.15, 0.2) is 6.61 Å². The maximum absolute atomic E-state index is 13.1. The number of esters is 1. The number of rotatable bonds is 8. The minimum atomic E-state index is -0.602. The fourth-order valence-corrected chi connectivity index (χ4v) is 3.37. The van der Waals surface area contributed by atoms with Gasteiger partial charge in [0.25, 0.3) is 5.91 Å². The molecule has 1 amide bonds. The van der Waals surface area contributed by atoms with E-state index in [0.29, 0.717) is 29.0 Å². The minimum absolute atomic E-state index is 0.323. The summed E-state index contributed by atoms with van der Waals surface area (Å²) in [6.45, 7) is 0.101. The molecule has 29 heavy (non-hydrogen) atoms. The van der Waals surface area contributed by atoms with Crippen LogP contribution >= 0.6 is 11.3 Å². The Morgan fingerprint density at radius 3 is 2.45 bits per heavy atom. The first-order valence-electron chi connectivity index (χ1n) is 9.11. The fraction of sp³-hybridized carbons (Fsp3) is 0.130. The fourth-order valence-electron chi connectivity index (χ4n) is 2.64. The molecule has 3 aromatic rings. The number of hydrogen-bond acceptors (Lipinski definition) is 4. The summed E-state index contributed by atoms with van der Waals surface area (Å²) in [7, 11) is 0. The van der Waals surface area contributed by atoms with Gasteiger partial charge in [-0.1, -0.05) is 48.5 Å². The van der Waals surface area contributed by atoms with Gasteiger partial charge in [0.1, 0.15) is 5.82 Å². The van der Waals surface area contributed by atoms with Gasteiger partial charge in [-0.25, -0.2) is 9.18 Å². The summed E-state index contributed by atoms with van der Waals surface area (Å²) in [4.78, 5) is 25.3. The van der Waals surface area contributed by atoms with E-state index in [1.54, 1.807) is 24.3 Å². The van der Waals surface area contributed by atoms with Crippen LogP contribution in [0.5, 0.6) is 0 Å². The molecule has 0 fully saturated rings. The molecule has 6 heteroatoms. The molecule has 4 nitrogen and oxygen atoms in total. The van der Waals surface area contributed by atoms with Crippen LogP contribution in [0.3, 0.4) is 0 Å². The lowest BCUT2D eigenvalue weighted by molar-refractivity contribution is -0.142. The van der Waals surface area contributed by atoms with Crippen LogP contribution in [0.15, 0.2) is 72.1 Å². The monoisotopic (exact) mass is 409 g/mol. The van der Waals surface area contributed by atoms with Crippen molar-refractivity contribution in [3.8, 4) is 0 Å². The Morgan fingerprint density at radius 2 is 1.76 bits per heavy atom. The minimum Gasteiger partial charge on any atom is -0.452 e. The highest BCUT2D eigenvalue weighted by Gasteiger charge is 2.16. The van der Waals surface area contributed by atoms with E-state index in [2.05, 4.69) is 5.32 Å². The van der Waals surface area contributed by atoms with E-state index < -0.39 is 5.97 Å². The quantitative estimate of drug-likeness (QED) is 0.445. The molecular formula is C23H20FNO3S. The van der Waals surface area contributed by atoms with Gasteiger partial charge in [-0.05, 0) is 47.2 Å². The summed E-state index contributed by atoms with van der Waals surface area (Å²) < 4.78 is 18.3. The van der Waals surface area contributed by atoms with Crippen LogP contribution in [0.1, 0.15) is 16.0 Å².